The van der Waals surface area contributed by atoms with Crippen molar-refractivity contribution in [1.82, 2.24) is 15.1 Å². The van der Waals surface area contributed by atoms with Gasteiger partial charge in [0.1, 0.15) is 5.82 Å². The molecule has 1 aliphatic heterocycles. The highest BCUT2D eigenvalue weighted by atomic mass is 16.2. The van der Waals surface area contributed by atoms with E-state index in [1.165, 1.54) is 0 Å². The lowest BCUT2D eigenvalue weighted by molar-refractivity contribution is -0.128. The second-order valence-corrected chi connectivity index (χ2v) is 6.45. The molecule has 1 aromatic heterocycles. The van der Waals surface area contributed by atoms with Crippen molar-refractivity contribution in [3.8, 4) is 0 Å². The number of carbonyl (C=O) groups excluding carboxylic acids is 2. The minimum absolute atomic E-state index is 0.0476. The maximum absolute atomic E-state index is 12.2. The Morgan fingerprint density at radius 3 is 2.56 bits per heavy atom. The summed E-state index contributed by atoms with van der Waals surface area (Å²) in [6, 6.07) is 13.0. The van der Waals surface area contributed by atoms with E-state index in [4.69, 9.17) is 0 Å². The van der Waals surface area contributed by atoms with Gasteiger partial charge in [0.05, 0.1) is 6.04 Å². The molecule has 1 atom stereocenters. The van der Waals surface area contributed by atoms with Crippen LogP contribution >= 0.6 is 0 Å². The quantitative estimate of drug-likeness (QED) is 0.870. The summed E-state index contributed by atoms with van der Waals surface area (Å²) < 4.78 is 0. The Hall–Kier alpha value is -2.96. The molecular weight excluding hydrogens is 318 g/mol. The molecule has 7 nitrogen and oxygen atoms in total. The normalized spacial score (nSPS) is 19.8. The van der Waals surface area contributed by atoms with Crippen LogP contribution in [0.25, 0.3) is 0 Å². The molecule has 1 aliphatic carbocycles. The van der Waals surface area contributed by atoms with E-state index in [0.29, 0.717) is 30.5 Å². The minimum Gasteiger partial charge on any atom is -0.364 e. The Morgan fingerprint density at radius 1 is 1.08 bits per heavy atom. The number of hydrogen-bond donors (Lipinski definition) is 2. The summed E-state index contributed by atoms with van der Waals surface area (Å²) in [4.78, 5) is 26.1. The van der Waals surface area contributed by atoms with Crippen LogP contribution in [0.15, 0.2) is 42.5 Å². The van der Waals surface area contributed by atoms with Crippen LogP contribution in [-0.4, -0.2) is 45.5 Å². The van der Waals surface area contributed by atoms with Gasteiger partial charge in [-0.15, -0.1) is 10.2 Å². The first-order valence-corrected chi connectivity index (χ1v) is 8.45. The lowest BCUT2D eigenvalue weighted by Crippen LogP contribution is -2.30. The maximum atomic E-state index is 12.2. The van der Waals surface area contributed by atoms with Gasteiger partial charge in [-0.25, -0.2) is 0 Å². The number of nitrogens with one attached hydrogen (secondary N) is 2. The molecule has 1 saturated heterocycles. The zero-order valence-electron chi connectivity index (χ0n) is 13.7. The molecule has 0 radical (unpaired) electrons. The molecule has 2 heterocycles. The lowest BCUT2D eigenvalue weighted by Gasteiger charge is -2.16. The van der Waals surface area contributed by atoms with Crippen molar-refractivity contribution in [2.75, 3.05) is 17.2 Å². The fourth-order valence-electron chi connectivity index (χ4n) is 3.02. The van der Waals surface area contributed by atoms with Gasteiger partial charge in [-0.05, 0) is 37.1 Å². The molecule has 2 aliphatic rings. The van der Waals surface area contributed by atoms with Gasteiger partial charge >= 0.3 is 0 Å². The summed E-state index contributed by atoms with van der Waals surface area (Å²) in [6.45, 7) is 0.710. The molecule has 1 unspecified atom stereocenters. The second-order valence-electron chi connectivity index (χ2n) is 6.45. The number of rotatable bonds is 5. The number of likely N-dealkylation sites (tertiary alicyclic amines) is 1. The van der Waals surface area contributed by atoms with E-state index in [1.54, 1.807) is 12.1 Å². The van der Waals surface area contributed by atoms with E-state index in [0.717, 1.165) is 12.8 Å². The van der Waals surface area contributed by atoms with E-state index in [9.17, 15) is 9.59 Å². The van der Waals surface area contributed by atoms with Crippen LogP contribution in [0.3, 0.4) is 0 Å². The van der Waals surface area contributed by atoms with Crippen molar-refractivity contribution < 1.29 is 9.59 Å². The average molecular weight is 337 g/mol. The van der Waals surface area contributed by atoms with Crippen molar-refractivity contribution in [3.63, 3.8) is 0 Å². The van der Waals surface area contributed by atoms with Gasteiger partial charge in [0.2, 0.25) is 5.91 Å². The molecule has 25 heavy (non-hydrogen) atoms. The smallest absolute Gasteiger partial charge is 0.276 e. The van der Waals surface area contributed by atoms with Gasteiger partial charge in [-0.3, -0.25) is 9.59 Å². The lowest BCUT2D eigenvalue weighted by atomic mass is 10.2. The highest BCUT2D eigenvalue weighted by Crippen LogP contribution is 2.31. The van der Waals surface area contributed by atoms with Crippen molar-refractivity contribution in [3.05, 3.63) is 48.2 Å². The SMILES string of the molecule is O=C(Nc1ccccc1)c1ccc(NC2CC(=O)N(C3CC3)C2)nn1. The monoisotopic (exact) mass is 337 g/mol. The Balaban J connectivity index is 1.35. The molecule has 1 aromatic carbocycles. The fourth-order valence-corrected chi connectivity index (χ4v) is 3.02. The summed E-state index contributed by atoms with van der Waals surface area (Å²) in [5.74, 6) is 0.472. The summed E-state index contributed by atoms with van der Waals surface area (Å²) in [7, 11) is 0. The van der Waals surface area contributed by atoms with E-state index >= 15 is 0 Å². The molecule has 7 heteroatoms. The molecule has 2 fully saturated rings. The zero-order chi connectivity index (χ0) is 17.2. The summed E-state index contributed by atoms with van der Waals surface area (Å²) in [6.07, 6.45) is 2.71. The molecule has 128 valence electrons. The number of hydrogen-bond acceptors (Lipinski definition) is 5. The van der Waals surface area contributed by atoms with Crippen LogP contribution in [0.2, 0.25) is 0 Å². The highest BCUT2D eigenvalue weighted by Gasteiger charge is 2.39. The minimum atomic E-state index is -0.304. The predicted molar refractivity (Wildman–Crippen MR) is 93.2 cm³/mol. The van der Waals surface area contributed by atoms with Gasteiger partial charge in [-0.1, -0.05) is 18.2 Å². The molecule has 4 rings (SSSR count). The Labute approximate surface area is 145 Å². The Morgan fingerprint density at radius 2 is 1.88 bits per heavy atom. The standard InChI is InChI=1S/C18H19N5O2/c24-17-10-13(11-23(17)14-6-7-14)19-16-9-8-15(21-22-16)18(25)20-12-4-2-1-3-5-12/h1-5,8-9,13-14H,6-7,10-11H2,(H,19,22)(H,20,25). The van der Waals surface area contributed by atoms with E-state index < -0.39 is 0 Å². The van der Waals surface area contributed by atoms with E-state index in [2.05, 4.69) is 20.8 Å². The number of nitrogens with zero attached hydrogens (tertiary/aromatic N) is 3. The van der Waals surface area contributed by atoms with Crippen molar-refractivity contribution in [1.29, 1.82) is 0 Å². The number of benzene rings is 1. The van der Waals surface area contributed by atoms with Crippen molar-refractivity contribution >= 4 is 23.3 Å². The van der Waals surface area contributed by atoms with Crippen molar-refractivity contribution in [2.45, 2.75) is 31.3 Å². The third kappa shape index (κ3) is 3.60. The molecule has 1 saturated carbocycles. The topological polar surface area (TPSA) is 87.2 Å². The van der Waals surface area contributed by atoms with Gasteiger partial charge in [0.15, 0.2) is 5.69 Å². The van der Waals surface area contributed by atoms with Crippen LogP contribution in [0.1, 0.15) is 29.8 Å². The average Bonchev–Trinajstić information content (AvgIpc) is 3.40. The summed E-state index contributed by atoms with van der Waals surface area (Å²) in [5.41, 5.74) is 0.956. The van der Waals surface area contributed by atoms with E-state index in [1.807, 2.05) is 35.2 Å². The number of amides is 2. The van der Waals surface area contributed by atoms with E-state index in [-0.39, 0.29) is 23.6 Å². The van der Waals surface area contributed by atoms with Gasteiger partial charge in [0, 0.05) is 24.7 Å². The first-order valence-electron chi connectivity index (χ1n) is 8.45. The summed E-state index contributed by atoms with van der Waals surface area (Å²) in [5, 5.41) is 14.0. The Bertz CT molecular complexity index is 774. The molecule has 2 aromatic rings. The van der Waals surface area contributed by atoms with Gasteiger partial charge in [0.25, 0.3) is 5.91 Å². The van der Waals surface area contributed by atoms with Gasteiger partial charge < -0.3 is 15.5 Å². The van der Waals surface area contributed by atoms with Crippen LogP contribution in [0.5, 0.6) is 0 Å². The van der Waals surface area contributed by atoms with Crippen LogP contribution in [-0.2, 0) is 4.79 Å². The second kappa shape index (κ2) is 6.51. The van der Waals surface area contributed by atoms with Crippen LogP contribution in [0, 0.1) is 0 Å². The third-order valence-electron chi connectivity index (χ3n) is 4.43. The first kappa shape index (κ1) is 15.6. The number of para-hydroxylation sites is 1. The van der Waals surface area contributed by atoms with Crippen LogP contribution < -0.4 is 10.6 Å². The van der Waals surface area contributed by atoms with Crippen molar-refractivity contribution in [2.24, 2.45) is 0 Å². The molecule has 2 amide bonds. The first-order chi connectivity index (χ1) is 12.2. The number of aromatic nitrogens is 2. The fraction of sp³-hybridized carbons (Fsp3) is 0.333. The predicted octanol–water partition coefficient (Wildman–Crippen LogP) is 1.90. The van der Waals surface area contributed by atoms with Crippen LogP contribution in [0.4, 0.5) is 11.5 Å². The molecule has 2 N–H and O–H groups in total. The number of carbonyl (C=O) groups is 2. The highest BCUT2D eigenvalue weighted by molar-refractivity contribution is 6.02. The third-order valence-corrected chi connectivity index (χ3v) is 4.43. The largest absolute Gasteiger partial charge is 0.364 e. The molecule has 0 bridgehead atoms. The summed E-state index contributed by atoms with van der Waals surface area (Å²) >= 11 is 0. The molecule has 0 spiro atoms. The zero-order valence-corrected chi connectivity index (χ0v) is 13.7. The Kier molecular flexibility index (Phi) is 4.05. The molecular formula is C18H19N5O2. The van der Waals surface area contributed by atoms with Gasteiger partial charge in [-0.2, -0.15) is 0 Å². The number of anilines is 2. The maximum Gasteiger partial charge on any atom is 0.276 e.